The average Bonchev–Trinajstić information content (AvgIpc) is 2.50. The lowest BCUT2D eigenvalue weighted by molar-refractivity contribution is -0.110. The summed E-state index contributed by atoms with van der Waals surface area (Å²) in [5.41, 5.74) is 3.07. The maximum absolute atomic E-state index is 11.6. The third kappa shape index (κ3) is 6.56. The third-order valence-corrected chi connectivity index (χ3v) is 3.45. The molecule has 0 fully saturated rings. The van der Waals surface area contributed by atoms with Gasteiger partial charge in [0.2, 0.25) is 0 Å². The van der Waals surface area contributed by atoms with Crippen LogP contribution >= 0.6 is 0 Å². The quantitative estimate of drug-likeness (QED) is 0.502. The maximum atomic E-state index is 11.6. The first kappa shape index (κ1) is 20.6. The van der Waals surface area contributed by atoms with Gasteiger partial charge in [-0.25, -0.2) is 4.79 Å². The predicted octanol–water partition coefficient (Wildman–Crippen LogP) is 2.36. The highest BCUT2D eigenvalue weighted by Crippen LogP contribution is 2.22. The number of aliphatic hydroxyl groups is 2. The van der Waals surface area contributed by atoms with Crippen LogP contribution in [0.3, 0.4) is 0 Å². The molecule has 5 heteroatoms. The van der Waals surface area contributed by atoms with E-state index in [2.05, 4.69) is 5.48 Å². The van der Waals surface area contributed by atoms with E-state index in [9.17, 15) is 15.0 Å². The largest absolute Gasteiger partial charge is 0.390 e. The number of nitrogens with one attached hydrogen (secondary N) is 1. The first-order valence-corrected chi connectivity index (χ1v) is 8.25. The van der Waals surface area contributed by atoms with E-state index in [-0.39, 0.29) is 11.5 Å². The van der Waals surface area contributed by atoms with Crippen LogP contribution in [-0.4, -0.2) is 40.0 Å². The zero-order valence-corrected chi connectivity index (χ0v) is 15.1. The van der Waals surface area contributed by atoms with Gasteiger partial charge in [-0.1, -0.05) is 44.2 Å². The molecular weight excluding hydrogens is 306 g/mol. The summed E-state index contributed by atoms with van der Waals surface area (Å²) in [6.45, 7) is 9.46. The molecule has 0 spiro atoms. The van der Waals surface area contributed by atoms with Crippen LogP contribution in [0.4, 0.5) is 0 Å². The first-order valence-electron chi connectivity index (χ1n) is 8.25. The standard InChI is InChI=1S/C19H29NO4/c1-13(2)11-16(22)18(23)17(20-24-19(3,4)5)15(12-21)14-9-7-6-8-10-14/h6-10,13,16-18,20,22-23H,11H2,1-5H3/t16-,17-,18-/m0/s1. The summed E-state index contributed by atoms with van der Waals surface area (Å²) in [7, 11) is 0. The van der Waals surface area contributed by atoms with E-state index in [4.69, 9.17) is 4.84 Å². The van der Waals surface area contributed by atoms with Crippen molar-refractivity contribution in [3.05, 3.63) is 35.9 Å². The normalized spacial score (nSPS) is 15.7. The molecule has 1 aromatic rings. The van der Waals surface area contributed by atoms with Gasteiger partial charge in [-0.2, -0.15) is 5.48 Å². The zero-order chi connectivity index (χ0) is 18.3. The van der Waals surface area contributed by atoms with E-state index in [1.165, 1.54) is 0 Å². The summed E-state index contributed by atoms with van der Waals surface area (Å²) in [5, 5.41) is 20.9. The molecule has 0 heterocycles. The molecule has 0 aliphatic carbocycles. The van der Waals surface area contributed by atoms with Crippen molar-refractivity contribution in [1.82, 2.24) is 5.48 Å². The highest BCUT2D eigenvalue weighted by molar-refractivity contribution is 5.90. The van der Waals surface area contributed by atoms with E-state index in [1.54, 1.807) is 24.3 Å². The molecular formula is C19H29NO4. The van der Waals surface area contributed by atoms with Crippen molar-refractivity contribution in [2.75, 3.05) is 0 Å². The Morgan fingerprint density at radius 3 is 2.25 bits per heavy atom. The van der Waals surface area contributed by atoms with Crippen LogP contribution in [0, 0.1) is 5.92 Å². The van der Waals surface area contributed by atoms with E-state index < -0.39 is 23.9 Å². The lowest BCUT2D eigenvalue weighted by Gasteiger charge is -2.31. The molecule has 0 unspecified atom stereocenters. The highest BCUT2D eigenvalue weighted by atomic mass is 16.7. The Labute approximate surface area is 144 Å². The molecule has 0 saturated carbocycles. The van der Waals surface area contributed by atoms with Crippen molar-refractivity contribution in [1.29, 1.82) is 0 Å². The molecule has 1 aromatic carbocycles. The van der Waals surface area contributed by atoms with Crippen LogP contribution < -0.4 is 5.48 Å². The summed E-state index contributed by atoms with van der Waals surface area (Å²) in [4.78, 5) is 17.1. The number of hydrogen-bond acceptors (Lipinski definition) is 5. The molecule has 5 nitrogen and oxygen atoms in total. The highest BCUT2D eigenvalue weighted by Gasteiger charge is 2.32. The second-order valence-electron chi connectivity index (χ2n) is 7.38. The van der Waals surface area contributed by atoms with Crippen LogP contribution in [0.15, 0.2) is 30.3 Å². The lowest BCUT2D eigenvalue weighted by atomic mass is 9.90. The van der Waals surface area contributed by atoms with Gasteiger partial charge < -0.3 is 10.2 Å². The molecule has 0 saturated heterocycles. The van der Waals surface area contributed by atoms with Crippen molar-refractivity contribution in [2.45, 2.75) is 64.9 Å². The van der Waals surface area contributed by atoms with Crippen LogP contribution in [0.1, 0.15) is 46.6 Å². The third-order valence-electron chi connectivity index (χ3n) is 3.45. The molecule has 0 amide bonds. The maximum Gasteiger partial charge on any atom is 0.130 e. The fraction of sp³-hybridized carbons (Fsp3) is 0.579. The van der Waals surface area contributed by atoms with Gasteiger partial charge in [-0.15, -0.1) is 0 Å². The van der Waals surface area contributed by atoms with Crippen LogP contribution in [0.2, 0.25) is 0 Å². The minimum atomic E-state index is -1.20. The van der Waals surface area contributed by atoms with Gasteiger partial charge in [0.1, 0.15) is 12.0 Å². The Morgan fingerprint density at radius 2 is 1.79 bits per heavy atom. The van der Waals surface area contributed by atoms with E-state index >= 15 is 0 Å². The second kappa shape index (κ2) is 9.11. The second-order valence-corrected chi connectivity index (χ2v) is 7.38. The molecule has 3 atom stereocenters. The Balaban J connectivity index is 3.10. The van der Waals surface area contributed by atoms with Gasteiger partial charge in [0.15, 0.2) is 0 Å². The minimum absolute atomic E-state index is 0.208. The van der Waals surface area contributed by atoms with Gasteiger partial charge in [0.25, 0.3) is 0 Å². The van der Waals surface area contributed by atoms with Crippen LogP contribution in [0.5, 0.6) is 0 Å². The van der Waals surface area contributed by atoms with Crippen molar-refractivity contribution in [3.63, 3.8) is 0 Å². The number of carbonyl (C=O) groups excluding carboxylic acids is 1. The van der Waals surface area contributed by atoms with E-state index in [0.717, 1.165) is 0 Å². The monoisotopic (exact) mass is 335 g/mol. The number of benzene rings is 1. The van der Waals surface area contributed by atoms with Crippen molar-refractivity contribution >= 4 is 11.5 Å². The molecule has 24 heavy (non-hydrogen) atoms. The van der Waals surface area contributed by atoms with Gasteiger partial charge in [0.05, 0.1) is 23.3 Å². The average molecular weight is 335 g/mol. The van der Waals surface area contributed by atoms with E-state index in [0.29, 0.717) is 12.0 Å². The van der Waals surface area contributed by atoms with Gasteiger partial charge in [-0.3, -0.25) is 4.84 Å². The summed E-state index contributed by atoms with van der Waals surface area (Å²) in [5.74, 6) is 2.10. The smallest absolute Gasteiger partial charge is 0.130 e. The summed E-state index contributed by atoms with van der Waals surface area (Å²) < 4.78 is 0. The molecule has 3 N–H and O–H groups in total. The number of hydroxylamine groups is 1. The first-order chi connectivity index (χ1) is 11.2. The van der Waals surface area contributed by atoms with Gasteiger partial charge in [0, 0.05) is 0 Å². The molecule has 0 aliphatic rings. The van der Waals surface area contributed by atoms with Gasteiger partial charge in [-0.05, 0) is 38.7 Å². The Morgan fingerprint density at radius 1 is 1.21 bits per heavy atom. The Hall–Kier alpha value is -1.49. The molecule has 134 valence electrons. The Bertz CT molecular complexity index is 544. The molecule has 0 aromatic heterocycles. The SMILES string of the molecule is CC(C)C[C@H](O)[C@H](O)[C@@H](NOC(C)(C)C)C(=C=O)c1ccccc1. The number of rotatable bonds is 8. The number of hydrogen-bond donors (Lipinski definition) is 3. The summed E-state index contributed by atoms with van der Waals surface area (Å²) in [6.07, 6.45) is -1.78. The van der Waals surface area contributed by atoms with Crippen LogP contribution in [0.25, 0.3) is 5.57 Å². The van der Waals surface area contributed by atoms with Crippen LogP contribution in [-0.2, 0) is 9.63 Å². The number of aliphatic hydroxyl groups excluding tert-OH is 2. The van der Waals surface area contributed by atoms with Gasteiger partial charge >= 0.3 is 0 Å². The molecule has 1 rings (SSSR count). The fourth-order valence-corrected chi connectivity index (χ4v) is 2.30. The van der Waals surface area contributed by atoms with Crippen molar-refractivity contribution in [2.24, 2.45) is 5.92 Å². The van der Waals surface area contributed by atoms with Crippen molar-refractivity contribution < 1.29 is 19.8 Å². The van der Waals surface area contributed by atoms with E-state index in [1.807, 2.05) is 46.6 Å². The summed E-state index contributed by atoms with van der Waals surface area (Å²) >= 11 is 0. The molecule has 0 radical (unpaired) electrons. The topological polar surface area (TPSA) is 78.8 Å². The zero-order valence-electron chi connectivity index (χ0n) is 15.1. The molecule has 0 aliphatic heterocycles. The molecule has 0 bridgehead atoms. The minimum Gasteiger partial charge on any atom is -0.390 e. The predicted molar refractivity (Wildman–Crippen MR) is 94.8 cm³/mol. The fourth-order valence-electron chi connectivity index (χ4n) is 2.30. The Kier molecular flexibility index (Phi) is 7.80. The van der Waals surface area contributed by atoms with Crippen molar-refractivity contribution in [3.8, 4) is 0 Å². The summed E-state index contributed by atoms with van der Waals surface area (Å²) in [6, 6.07) is 8.06. The lowest BCUT2D eigenvalue weighted by Crippen LogP contribution is -2.49.